The second-order valence-corrected chi connectivity index (χ2v) is 12.4. The van der Waals surface area contributed by atoms with Crippen LogP contribution in [-0.4, -0.2) is 43.9 Å². The number of nitrogens with one attached hydrogen (secondary N) is 3. The summed E-state index contributed by atoms with van der Waals surface area (Å²) < 4.78 is 59.1. The van der Waals surface area contributed by atoms with Crippen LogP contribution in [-0.2, 0) is 4.79 Å². The van der Waals surface area contributed by atoms with Crippen molar-refractivity contribution in [1.29, 1.82) is 0 Å². The number of imidazole rings is 1. The van der Waals surface area contributed by atoms with Crippen LogP contribution in [0.4, 0.5) is 17.6 Å². The Balaban J connectivity index is 1.12. The Hall–Kier alpha value is -3.51. The molecule has 0 aliphatic heterocycles. The summed E-state index contributed by atoms with van der Waals surface area (Å²) in [5, 5.41) is 13.3. The number of carbonyl (C=O) groups excluding carboxylic acids is 2. The molecule has 5 atom stereocenters. The lowest BCUT2D eigenvalue weighted by atomic mass is 9.79. The molecule has 13 heteroatoms. The molecule has 1 aromatic carbocycles. The number of carbonyl (C=O) groups is 2. The molecule has 3 aromatic rings. The third-order valence-corrected chi connectivity index (χ3v) is 9.34. The van der Waals surface area contributed by atoms with Gasteiger partial charge in [-0.3, -0.25) is 9.59 Å². The lowest BCUT2D eigenvalue weighted by molar-refractivity contribution is -0.134. The maximum absolute atomic E-state index is 14.0. The third-order valence-electron chi connectivity index (χ3n) is 9.34. The number of hydrogen-bond donors (Lipinski definition) is 3. The van der Waals surface area contributed by atoms with Crippen LogP contribution in [0, 0.1) is 36.5 Å². The zero-order valence-electron chi connectivity index (χ0n) is 22.3. The van der Waals surface area contributed by atoms with Crippen molar-refractivity contribution in [2.24, 2.45) is 29.6 Å². The summed E-state index contributed by atoms with van der Waals surface area (Å²) in [6, 6.07) is 4.71. The van der Waals surface area contributed by atoms with E-state index in [1.54, 1.807) is 6.92 Å². The van der Waals surface area contributed by atoms with E-state index in [1.807, 2.05) is 18.2 Å². The van der Waals surface area contributed by atoms with E-state index in [-0.39, 0.29) is 67.5 Å². The second-order valence-electron chi connectivity index (χ2n) is 12.4. The van der Waals surface area contributed by atoms with E-state index in [2.05, 4.69) is 30.6 Å². The molecule has 0 spiro atoms. The molecule has 0 saturated heterocycles. The Morgan fingerprint density at radius 1 is 1.05 bits per heavy atom. The molecule has 3 N–H and O–H groups in total. The smallest absolute Gasteiger partial charge is 0.276 e. The molecule has 4 fully saturated rings. The SMILES string of the molecule is Cc1nonc1C(=O)N[C@H](c1nc2ccc([C@H](NC(=O)CC3CC(F)(F)C3)C3CC3)cc2[nH]1)C1CC2[C@@H](C1)C2(F)F. The zero-order valence-corrected chi connectivity index (χ0v) is 22.3. The Bertz CT molecular complexity index is 1500. The van der Waals surface area contributed by atoms with E-state index in [1.165, 1.54) is 0 Å². The molecule has 2 aromatic heterocycles. The number of hydrogen-bond acceptors (Lipinski definition) is 6. The summed E-state index contributed by atoms with van der Waals surface area (Å²) in [4.78, 5) is 33.7. The zero-order chi connectivity index (χ0) is 28.7. The van der Waals surface area contributed by atoms with Crippen LogP contribution >= 0.6 is 0 Å². The number of amides is 2. The van der Waals surface area contributed by atoms with E-state index in [4.69, 9.17) is 4.98 Å². The molecule has 7 rings (SSSR count). The van der Waals surface area contributed by atoms with Gasteiger partial charge in [-0.25, -0.2) is 27.2 Å². The summed E-state index contributed by atoms with van der Waals surface area (Å²) in [6.45, 7) is 1.59. The van der Waals surface area contributed by atoms with Gasteiger partial charge in [-0.05, 0) is 73.2 Å². The number of aryl methyl sites for hydroxylation is 1. The van der Waals surface area contributed by atoms with Crippen molar-refractivity contribution in [1.82, 2.24) is 30.9 Å². The fourth-order valence-corrected chi connectivity index (χ4v) is 6.90. The highest BCUT2D eigenvalue weighted by molar-refractivity contribution is 5.93. The van der Waals surface area contributed by atoms with Crippen molar-refractivity contribution in [2.45, 2.75) is 75.8 Å². The quantitative estimate of drug-likeness (QED) is 0.308. The lowest BCUT2D eigenvalue weighted by Gasteiger charge is -2.34. The van der Waals surface area contributed by atoms with Gasteiger partial charge < -0.3 is 15.6 Å². The summed E-state index contributed by atoms with van der Waals surface area (Å²) >= 11 is 0. The van der Waals surface area contributed by atoms with Crippen molar-refractivity contribution >= 4 is 22.8 Å². The van der Waals surface area contributed by atoms with Gasteiger partial charge in [0, 0.05) is 31.1 Å². The van der Waals surface area contributed by atoms with Crippen molar-refractivity contribution in [3.63, 3.8) is 0 Å². The summed E-state index contributed by atoms with van der Waals surface area (Å²) in [6.07, 6.45) is 2.03. The van der Waals surface area contributed by atoms with Gasteiger partial charge in [-0.2, -0.15) is 0 Å². The van der Waals surface area contributed by atoms with E-state index >= 15 is 0 Å². The summed E-state index contributed by atoms with van der Waals surface area (Å²) in [7, 11) is 0. The molecular formula is C28H30F4N6O3. The monoisotopic (exact) mass is 574 g/mol. The molecule has 2 unspecified atom stereocenters. The lowest BCUT2D eigenvalue weighted by Crippen LogP contribution is -2.39. The topological polar surface area (TPSA) is 126 Å². The minimum absolute atomic E-state index is 0.0236. The predicted octanol–water partition coefficient (Wildman–Crippen LogP) is 5.02. The first kappa shape index (κ1) is 26.4. The van der Waals surface area contributed by atoms with Crippen molar-refractivity contribution in [3.8, 4) is 0 Å². The number of fused-ring (bicyclic) bond motifs is 2. The Morgan fingerprint density at radius 3 is 2.41 bits per heavy atom. The van der Waals surface area contributed by atoms with Crippen LogP contribution in [0.1, 0.15) is 84.6 Å². The summed E-state index contributed by atoms with van der Waals surface area (Å²) in [5.41, 5.74) is 2.52. The highest BCUT2D eigenvalue weighted by atomic mass is 19.3. The van der Waals surface area contributed by atoms with Crippen molar-refractivity contribution < 1.29 is 31.8 Å². The molecular weight excluding hydrogens is 544 g/mol. The number of rotatable bonds is 9. The number of alkyl halides is 4. The fraction of sp³-hybridized carbons (Fsp3) is 0.607. The van der Waals surface area contributed by atoms with Gasteiger partial charge in [-0.15, -0.1) is 0 Å². The van der Waals surface area contributed by atoms with E-state index in [0.29, 0.717) is 22.6 Å². The average molecular weight is 575 g/mol. The normalized spacial score (nSPS) is 27.6. The number of H-pyrrole nitrogens is 1. The molecule has 41 heavy (non-hydrogen) atoms. The molecule has 218 valence electrons. The van der Waals surface area contributed by atoms with Gasteiger partial charge in [0.05, 0.1) is 23.1 Å². The maximum atomic E-state index is 14.0. The number of benzene rings is 1. The van der Waals surface area contributed by atoms with E-state index < -0.39 is 35.6 Å². The largest absolute Gasteiger partial charge is 0.349 e. The number of aromatic amines is 1. The van der Waals surface area contributed by atoms with Crippen LogP contribution in [0.25, 0.3) is 11.0 Å². The minimum Gasteiger partial charge on any atom is -0.349 e. The van der Waals surface area contributed by atoms with Gasteiger partial charge in [0.2, 0.25) is 11.8 Å². The molecule has 4 aliphatic rings. The highest BCUT2D eigenvalue weighted by Gasteiger charge is 2.72. The fourth-order valence-electron chi connectivity index (χ4n) is 6.90. The van der Waals surface area contributed by atoms with Crippen LogP contribution in [0.5, 0.6) is 0 Å². The minimum atomic E-state index is -2.66. The molecule has 9 nitrogen and oxygen atoms in total. The van der Waals surface area contributed by atoms with E-state index in [0.717, 1.165) is 18.4 Å². The molecule has 0 radical (unpaired) electrons. The molecule has 0 bridgehead atoms. The van der Waals surface area contributed by atoms with Gasteiger partial charge in [0.15, 0.2) is 5.69 Å². The van der Waals surface area contributed by atoms with Crippen molar-refractivity contribution in [3.05, 3.63) is 41.0 Å². The van der Waals surface area contributed by atoms with Gasteiger partial charge >= 0.3 is 0 Å². The average Bonchev–Trinajstić information content (AvgIpc) is 3.52. The number of aromatic nitrogens is 4. The first-order valence-electron chi connectivity index (χ1n) is 14.1. The molecule has 4 saturated carbocycles. The standard InChI is InChI=1S/C28H30F4N6O3/c1-12-22(38-41-37-12)26(40)36-24(16-7-17-18(8-16)28(17,31)32)25-33-19-5-4-15(9-20(19)34-25)23(14-2-3-14)35-21(39)6-13-10-27(29,30)11-13/h4-5,9,13-14,16-18,23-24H,2-3,6-8,10-11H2,1H3,(H,33,34)(H,35,39)(H,36,40)/t16?,17-,18?,23-,24+/m1/s1. The number of nitrogens with zero attached hydrogens (tertiary/aromatic N) is 3. The van der Waals surface area contributed by atoms with Gasteiger partial charge in [-0.1, -0.05) is 11.2 Å². The predicted molar refractivity (Wildman–Crippen MR) is 136 cm³/mol. The first-order chi connectivity index (χ1) is 19.5. The maximum Gasteiger partial charge on any atom is 0.276 e. The van der Waals surface area contributed by atoms with Crippen LogP contribution in [0.15, 0.2) is 22.8 Å². The summed E-state index contributed by atoms with van der Waals surface area (Å²) in [5.74, 6) is -7.27. The number of halogens is 4. The Labute approximate surface area is 232 Å². The molecule has 2 amide bonds. The Morgan fingerprint density at radius 2 is 1.78 bits per heavy atom. The van der Waals surface area contributed by atoms with E-state index in [9.17, 15) is 27.2 Å². The second kappa shape index (κ2) is 9.25. The van der Waals surface area contributed by atoms with Crippen LogP contribution < -0.4 is 10.6 Å². The Kier molecular flexibility index (Phi) is 5.95. The van der Waals surface area contributed by atoms with Crippen LogP contribution in [0.2, 0.25) is 0 Å². The van der Waals surface area contributed by atoms with Crippen molar-refractivity contribution in [2.75, 3.05) is 0 Å². The van der Waals surface area contributed by atoms with Gasteiger partial charge in [0.1, 0.15) is 11.5 Å². The third kappa shape index (κ3) is 4.86. The first-order valence-corrected chi connectivity index (χ1v) is 14.1. The highest BCUT2D eigenvalue weighted by Crippen LogP contribution is 2.67. The van der Waals surface area contributed by atoms with Crippen LogP contribution in [0.3, 0.4) is 0 Å². The molecule has 4 aliphatic carbocycles. The van der Waals surface area contributed by atoms with Gasteiger partial charge in [0.25, 0.3) is 11.8 Å². The molecule has 2 heterocycles.